The van der Waals surface area contributed by atoms with Crippen molar-refractivity contribution in [3.63, 3.8) is 0 Å². The first-order valence-corrected chi connectivity index (χ1v) is 7.73. The zero-order chi connectivity index (χ0) is 13.0. The molecule has 0 aliphatic carbocycles. The molecule has 5 heteroatoms. The van der Waals surface area contributed by atoms with Crippen LogP contribution in [0.5, 0.6) is 0 Å². The highest BCUT2D eigenvalue weighted by atomic mass is 32.2. The predicted octanol–water partition coefficient (Wildman–Crippen LogP) is 2.45. The average molecular weight is 267 g/mol. The molecule has 1 saturated heterocycles. The molecule has 2 rings (SSSR count). The molecule has 0 saturated carbocycles. The first kappa shape index (κ1) is 13.5. The molecular weight excluding hydrogens is 246 g/mol. The number of nitrogens with zero attached hydrogens (tertiary/aromatic N) is 1. The minimum atomic E-state index is -0.0737. The van der Waals surface area contributed by atoms with E-state index >= 15 is 0 Å². The van der Waals surface area contributed by atoms with Gasteiger partial charge < -0.3 is 10.3 Å². The van der Waals surface area contributed by atoms with Crippen molar-refractivity contribution in [2.75, 3.05) is 23.4 Å². The van der Waals surface area contributed by atoms with E-state index in [1.165, 1.54) is 24.3 Å². The molecule has 1 aromatic rings. The fourth-order valence-corrected chi connectivity index (χ4v) is 3.24. The van der Waals surface area contributed by atoms with Crippen LogP contribution >= 0.6 is 11.8 Å². The zero-order valence-corrected chi connectivity index (χ0v) is 11.8. The number of aromatic nitrogens is 2. The average Bonchev–Trinajstić information content (AvgIpc) is 2.37. The van der Waals surface area contributed by atoms with E-state index in [0.717, 1.165) is 18.3 Å². The number of anilines is 1. The Morgan fingerprint density at radius 2 is 2.22 bits per heavy atom. The molecule has 1 aliphatic rings. The van der Waals surface area contributed by atoms with Crippen LogP contribution in [0.2, 0.25) is 0 Å². The molecule has 2 N–H and O–H groups in total. The number of H-pyrrole nitrogens is 1. The van der Waals surface area contributed by atoms with Crippen molar-refractivity contribution >= 4 is 17.6 Å². The minimum absolute atomic E-state index is 0.0737. The molecule has 4 nitrogen and oxygen atoms in total. The number of aromatic amines is 1. The standard InChI is InChI=1S/C13H21N3OS/c1-9(2)13-15-11(7-12(17)16-13)14-8-10-3-5-18-6-4-10/h7,9-10H,3-6,8H2,1-2H3,(H2,14,15,16,17). The first-order valence-electron chi connectivity index (χ1n) is 6.58. The Morgan fingerprint density at radius 1 is 1.50 bits per heavy atom. The summed E-state index contributed by atoms with van der Waals surface area (Å²) in [5.74, 6) is 4.93. The van der Waals surface area contributed by atoms with Crippen LogP contribution in [0, 0.1) is 5.92 Å². The molecule has 0 radical (unpaired) electrons. The highest BCUT2D eigenvalue weighted by Gasteiger charge is 2.14. The monoisotopic (exact) mass is 267 g/mol. The van der Waals surface area contributed by atoms with Gasteiger partial charge in [0.2, 0.25) is 0 Å². The molecule has 2 heterocycles. The summed E-state index contributed by atoms with van der Waals surface area (Å²) in [4.78, 5) is 18.7. The summed E-state index contributed by atoms with van der Waals surface area (Å²) in [6.45, 7) is 4.98. The molecule has 1 aliphatic heterocycles. The lowest BCUT2D eigenvalue weighted by atomic mass is 10.0. The van der Waals surface area contributed by atoms with Gasteiger partial charge >= 0.3 is 0 Å². The third kappa shape index (κ3) is 3.77. The van der Waals surface area contributed by atoms with Gasteiger partial charge in [0.05, 0.1) is 0 Å². The lowest BCUT2D eigenvalue weighted by molar-refractivity contribution is 0.515. The quantitative estimate of drug-likeness (QED) is 0.880. The van der Waals surface area contributed by atoms with Gasteiger partial charge in [-0.05, 0) is 30.3 Å². The van der Waals surface area contributed by atoms with Crippen LogP contribution < -0.4 is 10.9 Å². The second-order valence-corrected chi connectivity index (χ2v) is 6.33. The Balaban J connectivity index is 1.97. The zero-order valence-electron chi connectivity index (χ0n) is 11.0. The van der Waals surface area contributed by atoms with Crippen molar-refractivity contribution < 1.29 is 0 Å². The van der Waals surface area contributed by atoms with Crippen molar-refractivity contribution in [2.45, 2.75) is 32.6 Å². The van der Waals surface area contributed by atoms with Crippen molar-refractivity contribution in [3.8, 4) is 0 Å². The van der Waals surface area contributed by atoms with E-state index in [4.69, 9.17) is 0 Å². The van der Waals surface area contributed by atoms with Crippen molar-refractivity contribution in [2.24, 2.45) is 5.92 Å². The molecule has 0 amide bonds. The molecule has 0 bridgehead atoms. The summed E-state index contributed by atoms with van der Waals surface area (Å²) < 4.78 is 0. The fraction of sp³-hybridized carbons (Fsp3) is 0.692. The summed E-state index contributed by atoms with van der Waals surface area (Å²) in [6, 6.07) is 1.55. The molecule has 0 atom stereocenters. The lowest BCUT2D eigenvalue weighted by Gasteiger charge is -2.21. The Hall–Kier alpha value is -0.970. The van der Waals surface area contributed by atoms with Gasteiger partial charge in [-0.15, -0.1) is 0 Å². The number of hydrogen-bond acceptors (Lipinski definition) is 4. The minimum Gasteiger partial charge on any atom is -0.370 e. The number of rotatable bonds is 4. The highest BCUT2D eigenvalue weighted by molar-refractivity contribution is 7.99. The van der Waals surface area contributed by atoms with Crippen LogP contribution in [-0.4, -0.2) is 28.0 Å². The molecule has 100 valence electrons. The normalized spacial score (nSPS) is 17.1. The van der Waals surface area contributed by atoms with Crippen molar-refractivity contribution in [1.29, 1.82) is 0 Å². The van der Waals surface area contributed by atoms with Crippen LogP contribution in [0.15, 0.2) is 10.9 Å². The Morgan fingerprint density at radius 3 is 2.89 bits per heavy atom. The van der Waals surface area contributed by atoms with E-state index in [9.17, 15) is 4.79 Å². The lowest BCUT2D eigenvalue weighted by Crippen LogP contribution is -2.21. The van der Waals surface area contributed by atoms with Crippen LogP contribution in [0.25, 0.3) is 0 Å². The molecule has 0 unspecified atom stereocenters. The van der Waals surface area contributed by atoms with Gasteiger partial charge in [-0.25, -0.2) is 4.98 Å². The highest BCUT2D eigenvalue weighted by Crippen LogP contribution is 2.22. The van der Waals surface area contributed by atoms with Gasteiger partial charge in [-0.2, -0.15) is 11.8 Å². The second kappa shape index (κ2) is 6.27. The summed E-state index contributed by atoms with van der Waals surface area (Å²) in [5.41, 5.74) is -0.0737. The maximum absolute atomic E-state index is 11.5. The van der Waals surface area contributed by atoms with Gasteiger partial charge in [0.1, 0.15) is 11.6 Å². The van der Waals surface area contributed by atoms with Crippen LogP contribution in [0.3, 0.4) is 0 Å². The third-order valence-corrected chi connectivity index (χ3v) is 4.27. The Labute approximate surface area is 112 Å². The van der Waals surface area contributed by atoms with Crippen LogP contribution in [0.1, 0.15) is 38.4 Å². The molecule has 0 spiro atoms. The smallest absolute Gasteiger partial charge is 0.252 e. The molecule has 1 aromatic heterocycles. The summed E-state index contributed by atoms with van der Waals surface area (Å²) in [7, 11) is 0. The Kier molecular flexibility index (Phi) is 4.69. The largest absolute Gasteiger partial charge is 0.370 e. The summed E-state index contributed by atoms with van der Waals surface area (Å²) in [5, 5.41) is 3.31. The van der Waals surface area contributed by atoms with E-state index in [0.29, 0.717) is 5.82 Å². The Bertz CT molecular complexity index is 438. The number of thioether (sulfide) groups is 1. The molecular formula is C13H21N3OS. The SMILES string of the molecule is CC(C)c1nc(NCC2CCSCC2)cc(=O)[nH]1. The van der Waals surface area contributed by atoms with Gasteiger partial charge in [-0.3, -0.25) is 4.79 Å². The van der Waals surface area contributed by atoms with Gasteiger partial charge in [0.25, 0.3) is 5.56 Å². The predicted molar refractivity (Wildman–Crippen MR) is 77.5 cm³/mol. The van der Waals surface area contributed by atoms with Gasteiger partial charge in [0.15, 0.2) is 0 Å². The van der Waals surface area contributed by atoms with Crippen LogP contribution in [-0.2, 0) is 0 Å². The molecule has 1 fully saturated rings. The number of nitrogens with one attached hydrogen (secondary N) is 2. The van der Waals surface area contributed by atoms with Crippen molar-refractivity contribution in [1.82, 2.24) is 9.97 Å². The van der Waals surface area contributed by atoms with Crippen LogP contribution in [0.4, 0.5) is 5.82 Å². The van der Waals surface area contributed by atoms with E-state index < -0.39 is 0 Å². The van der Waals surface area contributed by atoms with E-state index in [1.54, 1.807) is 6.07 Å². The van der Waals surface area contributed by atoms with E-state index in [2.05, 4.69) is 15.3 Å². The molecule has 18 heavy (non-hydrogen) atoms. The van der Waals surface area contributed by atoms with E-state index in [-0.39, 0.29) is 11.5 Å². The van der Waals surface area contributed by atoms with Gasteiger partial charge in [0, 0.05) is 18.5 Å². The first-order chi connectivity index (χ1) is 8.65. The van der Waals surface area contributed by atoms with Crippen molar-refractivity contribution in [3.05, 3.63) is 22.2 Å². The summed E-state index contributed by atoms with van der Waals surface area (Å²) in [6.07, 6.45) is 2.52. The number of hydrogen-bond donors (Lipinski definition) is 2. The third-order valence-electron chi connectivity index (χ3n) is 3.22. The summed E-state index contributed by atoms with van der Waals surface area (Å²) >= 11 is 2.03. The maximum Gasteiger partial charge on any atom is 0.252 e. The second-order valence-electron chi connectivity index (χ2n) is 5.11. The fourth-order valence-electron chi connectivity index (χ4n) is 2.04. The molecule has 0 aromatic carbocycles. The topological polar surface area (TPSA) is 57.8 Å². The van der Waals surface area contributed by atoms with E-state index in [1.807, 2.05) is 25.6 Å². The maximum atomic E-state index is 11.5. The van der Waals surface area contributed by atoms with Gasteiger partial charge in [-0.1, -0.05) is 13.8 Å².